The average Bonchev–Trinajstić information content (AvgIpc) is 3.09. The molecule has 31 heavy (non-hydrogen) atoms. The van der Waals surface area contributed by atoms with Crippen LogP contribution in [-0.2, 0) is 15.8 Å². The summed E-state index contributed by atoms with van der Waals surface area (Å²) in [4.78, 5) is 27.9. The first-order chi connectivity index (χ1) is 14.6. The Morgan fingerprint density at radius 3 is 2.68 bits per heavy atom. The van der Waals surface area contributed by atoms with Gasteiger partial charge < -0.3 is 0 Å². The number of nitrogens with one attached hydrogen (secondary N) is 1. The van der Waals surface area contributed by atoms with Crippen LogP contribution in [0.3, 0.4) is 0 Å². The van der Waals surface area contributed by atoms with Crippen LogP contribution in [0.5, 0.6) is 0 Å². The van der Waals surface area contributed by atoms with E-state index in [1.54, 1.807) is 18.2 Å². The highest BCUT2D eigenvalue weighted by molar-refractivity contribution is 9.13. The second-order valence-corrected chi connectivity index (χ2v) is 11.7. The Bertz CT molecular complexity index is 1280. The molecule has 0 aliphatic carbocycles. The maximum absolute atomic E-state index is 12.5. The van der Waals surface area contributed by atoms with E-state index in [0.717, 1.165) is 23.5 Å². The summed E-state index contributed by atoms with van der Waals surface area (Å²) in [6.07, 6.45) is 0. The molecule has 0 aliphatic rings. The van der Waals surface area contributed by atoms with Crippen LogP contribution in [-0.4, -0.2) is 24.2 Å². The SMILES string of the molecule is Cc1csc(Sc2ccc(C(=O)NS(=O)(=O)Cc3cccc(Br)c3Br)cc2[N+](=O)[O-])n1. The van der Waals surface area contributed by atoms with E-state index < -0.39 is 26.6 Å². The maximum Gasteiger partial charge on any atom is 0.284 e. The monoisotopic (exact) mass is 605 g/mol. The van der Waals surface area contributed by atoms with Crippen LogP contribution in [0.15, 0.2) is 60.0 Å². The van der Waals surface area contributed by atoms with Crippen molar-refractivity contribution >= 4 is 76.6 Å². The maximum atomic E-state index is 12.5. The van der Waals surface area contributed by atoms with Gasteiger partial charge in [-0.15, -0.1) is 11.3 Å². The predicted octanol–water partition coefficient (Wildman–Crippen LogP) is 5.30. The topological polar surface area (TPSA) is 119 Å². The lowest BCUT2D eigenvalue weighted by molar-refractivity contribution is -0.387. The fraction of sp³-hybridized carbons (Fsp3) is 0.111. The molecule has 0 fully saturated rings. The van der Waals surface area contributed by atoms with E-state index in [1.165, 1.54) is 23.5 Å². The van der Waals surface area contributed by atoms with Crippen molar-refractivity contribution in [3.63, 3.8) is 0 Å². The molecule has 3 aromatic rings. The average molecular weight is 607 g/mol. The molecule has 1 aromatic heterocycles. The quantitative estimate of drug-likeness (QED) is 0.286. The number of nitrogens with zero attached hydrogens (tertiary/aromatic N) is 2. The largest absolute Gasteiger partial charge is 0.284 e. The molecule has 1 heterocycles. The van der Waals surface area contributed by atoms with Gasteiger partial charge >= 0.3 is 0 Å². The summed E-state index contributed by atoms with van der Waals surface area (Å²) in [6, 6.07) is 8.83. The molecule has 0 saturated heterocycles. The minimum atomic E-state index is -4.04. The lowest BCUT2D eigenvalue weighted by atomic mass is 10.2. The molecule has 0 atom stereocenters. The van der Waals surface area contributed by atoms with Crippen LogP contribution in [0.25, 0.3) is 0 Å². The van der Waals surface area contributed by atoms with Crippen molar-refractivity contribution in [1.29, 1.82) is 0 Å². The molecule has 1 amide bonds. The van der Waals surface area contributed by atoms with Gasteiger partial charge in [0.05, 0.1) is 15.6 Å². The molecule has 0 saturated carbocycles. The zero-order valence-corrected chi connectivity index (χ0v) is 21.3. The fourth-order valence-electron chi connectivity index (χ4n) is 2.46. The molecule has 0 unspecified atom stereocenters. The van der Waals surface area contributed by atoms with E-state index >= 15 is 0 Å². The number of nitro groups is 1. The number of benzene rings is 2. The summed E-state index contributed by atoms with van der Waals surface area (Å²) in [6.45, 7) is 1.82. The van der Waals surface area contributed by atoms with Crippen LogP contribution >= 0.6 is 55.0 Å². The Kier molecular flexibility index (Phi) is 7.52. The summed E-state index contributed by atoms with van der Waals surface area (Å²) in [5, 5.41) is 13.3. The summed E-state index contributed by atoms with van der Waals surface area (Å²) in [5.74, 6) is -1.39. The Hall–Kier alpha value is -1.80. The van der Waals surface area contributed by atoms with E-state index in [9.17, 15) is 23.3 Å². The number of thiazole rings is 1. The summed E-state index contributed by atoms with van der Waals surface area (Å²) >= 11 is 9.05. The number of aryl methyl sites for hydroxylation is 1. The molecule has 2 aromatic carbocycles. The molecular formula is C18H13Br2N3O5S3. The van der Waals surface area contributed by atoms with E-state index in [2.05, 4.69) is 36.8 Å². The first-order valence-corrected chi connectivity index (χ1v) is 13.4. The van der Waals surface area contributed by atoms with Crippen LogP contribution in [0.2, 0.25) is 0 Å². The first-order valence-electron chi connectivity index (χ1n) is 8.42. The van der Waals surface area contributed by atoms with Crippen molar-refractivity contribution < 1.29 is 18.1 Å². The zero-order valence-electron chi connectivity index (χ0n) is 15.7. The number of rotatable bonds is 7. The second-order valence-electron chi connectivity index (χ2n) is 6.20. The smallest absolute Gasteiger partial charge is 0.268 e. The molecule has 0 bridgehead atoms. The van der Waals surface area contributed by atoms with Gasteiger partial charge in [0.2, 0.25) is 10.0 Å². The number of carbonyl (C=O) groups excluding carboxylic acids is 1. The number of carbonyl (C=O) groups is 1. The minimum absolute atomic E-state index is 0.136. The van der Waals surface area contributed by atoms with E-state index in [1.807, 2.05) is 17.0 Å². The molecule has 8 nitrogen and oxygen atoms in total. The Labute approximate surface area is 202 Å². The summed E-state index contributed by atoms with van der Waals surface area (Å²) in [7, 11) is -4.04. The van der Waals surface area contributed by atoms with Crippen molar-refractivity contribution in [3.8, 4) is 0 Å². The predicted molar refractivity (Wildman–Crippen MR) is 126 cm³/mol. The molecule has 13 heteroatoms. The van der Waals surface area contributed by atoms with Crippen molar-refractivity contribution in [2.24, 2.45) is 0 Å². The highest BCUT2D eigenvalue weighted by Crippen LogP contribution is 2.37. The van der Waals surface area contributed by atoms with Crippen molar-refractivity contribution in [2.45, 2.75) is 21.9 Å². The van der Waals surface area contributed by atoms with Gasteiger partial charge in [-0.2, -0.15) is 0 Å². The third-order valence-electron chi connectivity index (χ3n) is 3.84. The Morgan fingerprint density at radius 1 is 1.29 bits per heavy atom. The van der Waals surface area contributed by atoms with Gasteiger partial charge in [0.15, 0.2) is 4.34 Å². The van der Waals surface area contributed by atoms with Crippen molar-refractivity contribution in [1.82, 2.24) is 9.71 Å². The Balaban J connectivity index is 1.81. The van der Waals surface area contributed by atoms with E-state index in [-0.39, 0.29) is 11.3 Å². The lowest BCUT2D eigenvalue weighted by Crippen LogP contribution is -2.31. The number of halogens is 2. The number of amides is 1. The highest BCUT2D eigenvalue weighted by Gasteiger charge is 2.23. The van der Waals surface area contributed by atoms with Gasteiger partial charge in [0, 0.05) is 31.6 Å². The zero-order chi connectivity index (χ0) is 22.8. The molecule has 0 spiro atoms. The first kappa shape index (κ1) is 23.9. The molecular weight excluding hydrogens is 594 g/mol. The molecule has 162 valence electrons. The Morgan fingerprint density at radius 2 is 2.03 bits per heavy atom. The number of nitro benzene ring substituents is 1. The van der Waals surface area contributed by atoms with Gasteiger partial charge in [0.1, 0.15) is 0 Å². The van der Waals surface area contributed by atoms with Crippen LogP contribution in [0.4, 0.5) is 5.69 Å². The van der Waals surface area contributed by atoms with E-state index in [4.69, 9.17) is 0 Å². The fourth-order valence-corrected chi connectivity index (χ4v) is 6.46. The van der Waals surface area contributed by atoms with Gasteiger partial charge in [-0.3, -0.25) is 14.9 Å². The third kappa shape index (κ3) is 6.13. The molecule has 0 radical (unpaired) electrons. The lowest BCUT2D eigenvalue weighted by Gasteiger charge is -2.10. The minimum Gasteiger partial charge on any atom is -0.268 e. The summed E-state index contributed by atoms with van der Waals surface area (Å²) in [5.41, 5.74) is 0.806. The molecule has 1 N–H and O–H groups in total. The number of hydrogen-bond donors (Lipinski definition) is 1. The van der Waals surface area contributed by atoms with Gasteiger partial charge in [-0.05, 0) is 62.5 Å². The van der Waals surface area contributed by atoms with Gasteiger partial charge in [0.25, 0.3) is 11.6 Å². The van der Waals surface area contributed by atoms with Crippen molar-refractivity contribution in [3.05, 3.63) is 77.7 Å². The standard InChI is InChI=1S/C18H13Br2N3O5S3/c1-10-8-29-18(21-10)30-15-6-5-11(7-14(15)23(25)26)17(24)22-31(27,28)9-12-3-2-4-13(19)16(12)20/h2-8H,9H2,1H3,(H,22,24). The highest BCUT2D eigenvalue weighted by atomic mass is 79.9. The van der Waals surface area contributed by atoms with Gasteiger partial charge in [-0.1, -0.05) is 23.9 Å². The summed E-state index contributed by atoms with van der Waals surface area (Å²) < 4.78 is 28.7. The normalized spacial score (nSPS) is 11.3. The van der Waals surface area contributed by atoms with Crippen molar-refractivity contribution in [2.75, 3.05) is 0 Å². The number of sulfonamides is 1. The second kappa shape index (κ2) is 9.77. The third-order valence-corrected chi connectivity index (χ3v) is 9.28. The van der Waals surface area contributed by atoms with E-state index in [0.29, 0.717) is 23.7 Å². The van der Waals surface area contributed by atoms with Crippen LogP contribution in [0, 0.1) is 17.0 Å². The van der Waals surface area contributed by atoms with Crippen LogP contribution < -0.4 is 4.72 Å². The number of aromatic nitrogens is 1. The van der Waals surface area contributed by atoms with Crippen LogP contribution in [0.1, 0.15) is 21.6 Å². The molecule has 3 rings (SSSR count). The van der Waals surface area contributed by atoms with Gasteiger partial charge in [-0.25, -0.2) is 18.1 Å². The molecule has 0 aliphatic heterocycles. The number of hydrogen-bond acceptors (Lipinski definition) is 8.